The monoisotopic (exact) mass is 290 g/mol. The molecule has 6 heteroatoms. The maximum absolute atomic E-state index is 11.7. The fourth-order valence-corrected chi connectivity index (χ4v) is 1.86. The van der Waals surface area contributed by atoms with E-state index < -0.39 is 5.97 Å². The normalized spacial score (nSPS) is 13.5. The molecule has 0 atom stereocenters. The molecule has 0 unspecified atom stereocenters. The number of carbonyl (C=O) groups excluding carboxylic acids is 2. The summed E-state index contributed by atoms with van der Waals surface area (Å²) in [5.74, 6) is -1.11. The number of rotatable bonds is 7. The minimum Gasteiger partial charge on any atom is -0.481 e. The van der Waals surface area contributed by atoms with E-state index in [2.05, 4.69) is 10.6 Å². The summed E-state index contributed by atoms with van der Waals surface area (Å²) < 4.78 is 0. The molecule has 112 valence electrons. The molecule has 0 spiro atoms. The van der Waals surface area contributed by atoms with Crippen LogP contribution in [0.5, 0.6) is 0 Å². The van der Waals surface area contributed by atoms with Gasteiger partial charge in [-0.3, -0.25) is 14.4 Å². The van der Waals surface area contributed by atoms with Crippen LogP contribution < -0.4 is 10.6 Å². The highest BCUT2D eigenvalue weighted by Crippen LogP contribution is 2.30. The van der Waals surface area contributed by atoms with Crippen molar-refractivity contribution in [3.8, 4) is 0 Å². The van der Waals surface area contributed by atoms with Gasteiger partial charge in [-0.1, -0.05) is 12.1 Å². The quantitative estimate of drug-likeness (QED) is 0.709. The summed E-state index contributed by atoms with van der Waals surface area (Å²) in [6.07, 6.45) is 1.69. The van der Waals surface area contributed by atoms with Gasteiger partial charge in [-0.05, 0) is 30.5 Å². The third-order valence-electron chi connectivity index (χ3n) is 3.20. The Morgan fingerprint density at radius 2 is 1.95 bits per heavy atom. The summed E-state index contributed by atoms with van der Waals surface area (Å²) in [4.78, 5) is 33.5. The average Bonchev–Trinajstić information content (AvgIpc) is 3.28. The molecule has 1 aromatic rings. The summed E-state index contributed by atoms with van der Waals surface area (Å²) in [5.41, 5.74) is 1.57. The van der Waals surface area contributed by atoms with Gasteiger partial charge in [-0.15, -0.1) is 0 Å². The Labute approximate surface area is 122 Å². The Kier molecular flexibility index (Phi) is 4.92. The highest BCUT2D eigenvalue weighted by Gasteiger charge is 2.29. The molecule has 1 aliphatic rings. The minimum atomic E-state index is -0.991. The summed E-state index contributed by atoms with van der Waals surface area (Å²) in [6.45, 7) is 0.311. The molecule has 6 nitrogen and oxygen atoms in total. The number of benzene rings is 1. The lowest BCUT2D eigenvalue weighted by Gasteiger charge is -2.08. The zero-order valence-electron chi connectivity index (χ0n) is 11.6. The first kappa shape index (κ1) is 15.0. The maximum Gasteiger partial charge on any atom is 0.303 e. The Bertz CT molecular complexity index is 552. The lowest BCUT2D eigenvalue weighted by molar-refractivity contribution is -0.138. The zero-order chi connectivity index (χ0) is 15.2. The Hall–Kier alpha value is -2.37. The van der Waals surface area contributed by atoms with E-state index >= 15 is 0 Å². The summed E-state index contributed by atoms with van der Waals surface area (Å²) in [6, 6.07) is 7.25. The third-order valence-corrected chi connectivity index (χ3v) is 3.20. The predicted octanol–water partition coefficient (Wildman–Crippen LogP) is 1.52. The molecule has 1 aliphatic carbocycles. The van der Waals surface area contributed by atoms with Crippen molar-refractivity contribution in [1.29, 1.82) is 0 Å². The van der Waals surface area contributed by atoms with Gasteiger partial charge in [0, 0.05) is 24.6 Å². The van der Waals surface area contributed by atoms with Crippen LogP contribution in [0, 0.1) is 5.92 Å². The number of nitrogens with one attached hydrogen (secondary N) is 2. The third kappa shape index (κ3) is 5.25. The van der Waals surface area contributed by atoms with Crippen LogP contribution in [0.1, 0.15) is 31.2 Å². The summed E-state index contributed by atoms with van der Waals surface area (Å²) in [7, 11) is 0. The van der Waals surface area contributed by atoms with E-state index in [4.69, 9.17) is 5.11 Å². The van der Waals surface area contributed by atoms with E-state index in [1.165, 1.54) is 0 Å². The molecule has 3 N–H and O–H groups in total. The van der Waals surface area contributed by atoms with Crippen molar-refractivity contribution in [1.82, 2.24) is 5.32 Å². The van der Waals surface area contributed by atoms with E-state index in [0.29, 0.717) is 12.2 Å². The standard InChI is InChI=1S/C15H18N2O4/c18-13(6-7-14(19)20)16-9-10-2-1-3-12(8-10)17-15(21)11-4-5-11/h1-3,8,11H,4-7,9H2,(H,16,18)(H,17,21)(H,19,20). The number of hydrogen-bond acceptors (Lipinski definition) is 3. The number of carboxylic acid groups (broad SMARTS) is 1. The van der Waals surface area contributed by atoms with E-state index in [1.54, 1.807) is 18.2 Å². The van der Waals surface area contributed by atoms with Crippen molar-refractivity contribution in [2.24, 2.45) is 5.92 Å². The lowest BCUT2D eigenvalue weighted by Crippen LogP contribution is -2.23. The number of hydrogen-bond donors (Lipinski definition) is 3. The largest absolute Gasteiger partial charge is 0.481 e. The van der Waals surface area contributed by atoms with Gasteiger partial charge >= 0.3 is 5.97 Å². The number of anilines is 1. The smallest absolute Gasteiger partial charge is 0.303 e. The van der Waals surface area contributed by atoms with E-state index in [-0.39, 0.29) is 30.6 Å². The highest BCUT2D eigenvalue weighted by molar-refractivity contribution is 5.94. The number of aliphatic carboxylic acids is 1. The molecule has 0 bridgehead atoms. The van der Waals surface area contributed by atoms with Gasteiger partial charge in [0.1, 0.15) is 0 Å². The van der Waals surface area contributed by atoms with Crippen LogP contribution in [0.25, 0.3) is 0 Å². The molecule has 0 aliphatic heterocycles. The van der Waals surface area contributed by atoms with Crippen molar-refractivity contribution in [2.45, 2.75) is 32.2 Å². The van der Waals surface area contributed by atoms with E-state index in [1.807, 2.05) is 6.07 Å². The van der Waals surface area contributed by atoms with Crippen LogP contribution in [-0.2, 0) is 20.9 Å². The van der Waals surface area contributed by atoms with Crippen molar-refractivity contribution in [3.63, 3.8) is 0 Å². The molecule has 2 rings (SSSR count). The topological polar surface area (TPSA) is 95.5 Å². The molecule has 1 aromatic carbocycles. The van der Waals surface area contributed by atoms with Gasteiger partial charge in [0.25, 0.3) is 0 Å². The van der Waals surface area contributed by atoms with Gasteiger partial charge in [-0.25, -0.2) is 0 Å². The molecule has 0 saturated heterocycles. The predicted molar refractivity (Wildman–Crippen MR) is 76.5 cm³/mol. The van der Waals surface area contributed by atoms with Crippen LogP contribution in [0.3, 0.4) is 0 Å². The molecule has 0 heterocycles. The molecule has 0 aromatic heterocycles. The Morgan fingerprint density at radius 3 is 2.62 bits per heavy atom. The first-order chi connectivity index (χ1) is 10.0. The van der Waals surface area contributed by atoms with E-state index in [9.17, 15) is 14.4 Å². The van der Waals surface area contributed by atoms with Gasteiger partial charge in [-0.2, -0.15) is 0 Å². The second kappa shape index (κ2) is 6.88. The minimum absolute atomic E-state index is 0.0343. The van der Waals surface area contributed by atoms with E-state index in [0.717, 1.165) is 18.4 Å². The maximum atomic E-state index is 11.7. The van der Waals surface area contributed by atoms with Crippen LogP contribution in [-0.4, -0.2) is 22.9 Å². The average molecular weight is 290 g/mol. The number of carboxylic acids is 1. The second-order valence-electron chi connectivity index (χ2n) is 5.13. The lowest BCUT2D eigenvalue weighted by atomic mass is 10.2. The first-order valence-corrected chi connectivity index (χ1v) is 6.93. The van der Waals surface area contributed by atoms with Gasteiger partial charge in [0.2, 0.25) is 11.8 Å². The molecule has 2 amide bonds. The van der Waals surface area contributed by atoms with Crippen LogP contribution in [0.2, 0.25) is 0 Å². The molecule has 0 radical (unpaired) electrons. The van der Waals surface area contributed by atoms with Crippen LogP contribution in [0.15, 0.2) is 24.3 Å². The van der Waals surface area contributed by atoms with Crippen molar-refractivity contribution < 1.29 is 19.5 Å². The van der Waals surface area contributed by atoms with Gasteiger partial charge in [0.05, 0.1) is 6.42 Å². The van der Waals surface area contributed by atoms with Crippen molar-refractivity contribution in [3.05, 3.63) is 29.8 Å². The highest BCUT2D eigenvalue weighted by atomic mass is 16.4. The molecular formula is C15H18N2O4. The summed E-state index contributed by atoms with van der Waals surface area (Å²) >= 11 is 0. The fraction of sp³-hybridized carbons (Fsp3) is 0.400. The van der Waals surface area contributed by atoms with Crippen LogP contribution in [0.4, 0.5) is 5.69 Å². The summed E-state index contributed by atoms with van der Waals surface area (Å²) in [5, 5.41) is 14.0. The zero-order valence-corrected chi connectivity index (χ0v) is 11.6. The van der Waals surface area contributed by atoms with Crippen LogP contribution >= 0.6 is 0 Å². The van der Waals surface area contributed by atoms with Crippen molar-refractivity contribution >= 4 is 23.5 Å². The number of carbonyl (C=O) groups is 3. The van der Waals surface area contributed by atoms with Gasteiger partial charge in [0.15, 0.2) is 0 Å². The number of amides is 2. The first-order valence-electron chi connectivity index (χ1n) is 6.93. The van der Waals surface area contributed by atoms with Crippen molar-refractivity contribution in [2.75, 3.05) is 5.32 Å². The Morgan fingerprint density at radius 1 is 1.19 bits per heavy atom. The molecule has 1 fully saturated rings. The second-order valence-corrected chi connectivity index (χ2v) is 5.13. The fourth-order valence-electron chi connectivity index (χ4n) is 1.86. The Balaban J connectivity index is 1.81. The molecular weight excluding hydrogens is 272 g/mol. The molecule has 1 saturated carbocycles. The molecule has 21 heavy (non-hydrogen) atoms. The van der Waals surface area contributed by atoms with Gasteiger partial charge < -0.3 is 15.7 Å². The SMILES string of the molecule is O=C(O)CCC(=O)NCc1cccc(NC(=O)C2CC2)c1.